The number of carbonyl (C=O) groups excluding carboxylic acids is 1. The van der Waals surface area contributed by atoms with Crippen molar-refractivity contribution in [3.8, 4) is 0 Å². The normalized spacial score (nSPS) is 15.9. The molecule has 2 aromatic rings. The highest BCUT2D eigenvalue weighted by Gasteiger charge is 2.22. The number of amides is 1. The van der Waals surface area contributed by atoms with E-state index in [1.807, 2.05) is 6.07 Å². The molecule has 25 heavy (non-hydrogen) atoms. The Morgan fingerprint density at radius 2 is 1.84 bits per heavy atom. The number of rotatable bonds is 3. The van der Waals surface area contributed by atoms with Gasteiger partial charge in [0.1, 0.15) is 11.6 Å². The number of hydrogen-bond acceptors (Lipinski definition) is 2. The molecule has 6 heteroatoms. The predicted molar refractivity (Wildman–Crippen MR) is 96.3 cm³/mol. The third-order valence-corrected chi connectivity index (χ3v) is 5.08. The molecule has 2 aromatic carbocycles. The van der Waals surface area contributed by atoms with E-state index in [1.165, 1.54) is 18.2 Å². The Labute approximate surface area is 154 Å². The minimum atomic E-state index is -0.428. The second kappa shape index (κ2) is 8.06. The van der Waals surface area contributed by atoms with Gasteiger partial charge in [-0.2, -0.15) is 0 Å². The molecular formula is C19H19BrF2N2O. The highest BCUT2D eigenvalue weighted by molar-refractivity contribution is 9.10. The van der Waals surface area contributed by atoms with E-state index < -0.39 is 5.82 Å². The fourth-order valence-corrected chi connectivity index (χ4v) is 3.45. The summed E-state index contributed by atoms with van der Waals surface area (Å²) in [6, 6.07) is 10.9. The summed E-state index contributed by atoms with van der Waals surface area (Å²) in [6.07, 6.45) is 0.799. The van der Waals surface area contributed by atoms with E-state index >= 15 is 0 Å². The van der Waals surface area contributed by atoms with Crippen LogP contribution in [0.5, 0.6) is 0 Å². The van der Waals surface area contributed by atoms with Crippen LogP contribution in [0.25, 0.3) is 0 Å². The van der Waals surface area contributed by atoms with Crippen molar-refractivity contribution >= 4 is 21.8 Å². The third-order valence-electron chi connectivity index (χ3n) is 4.39. The number of benzene rings is 2. The Morgan fingerprint density at radius 1 is 1.04 bits per heavy atom. The summed E-state index contributed by atoms with van der Waals surface area (Å²) in [5, 5.41) is 0. The first-order valence-corrected chi connectivity index (χ1v) is 9.04. The minimum absolute atomic E-state index is 0.181. The molecule has 0 aromatic heterocycles. The highest BCUT2D eigenvalue weighted by atomic mass is 79.9. The third kappa shape index (κ3) is 4.44. The summed E-state index contributed by atoms with van der Waals surface area (Å²) in [6.45, 7) is 3.12. The summed E-state index contributed by atoms with van der Waals surface area (Å²) in [4.78, 5) is 16.6. The number of hydrogen-bond donors (Lipinski definition) is 0. The van der Waals surface area contributed by atoms with E-state index in [9.17, 15) is 13.6 Å². The van der Waals surface area contributed by atoms with Gasteiger partial charge in [0.05, 0.1) is 5.56 Å². The molecule has 132 valence electrons. The zero-order valence-corrected chi connectivity index (χ0v) is 15.3. The van der Waals surface area contributed by atoms with Gasteiger partial charge in [-0.15, -0.1) is 0 Å². The maximum absolute atomic E-state index is 13.8. The van der Waals surface area contributed by atoms with E-state index in [1.54, 1.807) is 23.1 Å². The molecule has 0 N–H and O–H groups in total. The number of halogens is 3. The van der Waals surface area contributed by atoms with Crippen LogP contribution < -0.4 is 0 Å². The second-order valence-electron chi connectivity index (χ2n) is 6.14. The Hall–Kier alpha value is -1.79. The van der Waals surface area contributed by atoms with Crippen LogP contribution in [0.2, 0.25) is 0 Å². The van der Waals surface area contributed by atoms with Gasteiger partial charge in [-0.25, -0.2) is 8.78 Å². The molecule has 1 fully saturated rings. The lowest BCUT2D eigenvalue weighted by Crippen LogP contribution is -2.35. The van der Waals surface area contributed by atoms with Crippen LogP contribution in [-0.2, 0) is 6.54 Å². The Bertz CT molecular complexity index is 769. The van der Waals surface area contributed by atoms with Crippen LogP contribution in [0.1, 0.15) is 22.3 Å². The van der Waals surface area contributed by atoms with Gasteiger partial charge in [0.2, 0.25) is 0 Å². The van der Waals surface area contributed by atoms with E-state index in [2.05, 4.69) is 20.8 Å². The number of nitrogens with zero attached hydrogens (tertiary/aromatic N) is 2. The molecular weight excluding hydrogens is 390 g/mol. The first kappa shape index (κ1) is 18.0. The van der Waals surface area contributed by atoms with Crippen molar-refractivity contribution in [2.75, 3.05) is 26.2 Å². The van der Waals surface area contributed by atoms with Crippen LogP contribution in [0.3, 0.4) is 0 Å². The Balaban J connectivity index is 1.66. The summed E-state index contributed by atoms with van der Waals surface area (Å²) < 4.78 is 27.9. The fourth-order valence-electron chi connectivity index (χ4n) is 3.03. The fraction of sp³-hybridized carbons (Fsp3) is 0.316. The Kier molecular flexibility index (Phi) is 5.81. The molecule has 0 bridgehead atoms. The van der Waals surface area contributed by atoms with Gasteiger partial charge in [-0.1, -0.05) is 18.2 Å². The van der Waals surface area contributed by atoms with Crippen LogP contribution in [0, 0.1) is 11.6 Å². The molecule has 0 aliphatic carbocycles. The van der Waals surface area contributed by atoms with Gasteiger partial charge < -0.3 is 4.90 Å². The average molecular weight is 409 g/mol. The molecule has 1 aliphatic rings. The summed E-state index contributed by atoms with van der Waals surface area (Å²) in [5.74, 6) is -0.815. The molecule has 1 heterocycles. The summed E-state index contributed by atoms with van der Waals surface area (Å²) >= 11 is 3.32. The monoisotopic (exact) mass is 408 g/mol. The largest absolute Gasteiger partial charge is 0.337 e. The van der Waals surface area contributed by atoms with Crippen molar-refractivity contribution in [1.29, 1.82) is 0 Å². The summed E-state index contributed by atoms with van der Waals surface area (Å²) in [5.41, 5.74) is 0.998. The molecule has 1 saturated heterocycles. The number of carbonyl (C=O) groups is 1. The quantitative estimate of drug-likeness (QED) is 0.763. The zero-order valence-electron chi connectivity index (χ0n) is 13.7. The van der Waals surface area contributed by atoms with Gasteiger partial charge in [0.25, 0.3) is 5.91 Å². The maximum Gasteiger partial charge on any atom is 0.255 e. The van der Waals surface area contributed by atoms with Crippen molar-refractivity contribution in [3.63, 3.8) is 0 Å². The highest BCUT2D eigenvalue weighted by Crippen LogP contribution is 2.21. The molecule has 0 unspecified atom stereocenters. The zero-order chi connectivity index (χ0) is 17.8. The Morgan fingerprint density at radius 3 is 2.64 bits per heavy atom. The minimum Gasteiger partial charge on any atom is -0.337 e. The van der Waals surface area contributed by atoms with Gasteiger partial charge in [0.15, 0.2) is 0 Å². The first-order chi connectivity index (χ1) is 12.0. The second-order valence-corrected chi connectivity index (χ2v) is 6.99. The molecule has 1 aliphatic heterocycles. The van der Waals surface area contributed by atoms with Crippen molar-refractivity contribution in [2.45, 2.75) is 13.0 Å². The van der Waals surface area contributed by atoms with Gasteiger partial charge in [0, 0.05) is 42.8 Å². The SMILES string of the molecule is O=C(c1cc(F)ccc1Br)N1CCCN(Cc2ccccc2F)CC1. The summed E-state index contributed by atoms with van der Waals surface area (Å²) in [7, 11) is 0. The van der Waals surface area contributed by atoms with Crippen LogP contribution in [0.15, 0.2) is 46.9 Å². The van der Waals surface area contributed by atoms with E-state index in [0.717, 1.165) is 13.0 Å². The van der Waals surface area contributed by atoms with Crippen LogP contribution in [-0.4, -0.2) is 41.9 Å². The standard InChI is InChI=1S/C19H19BrF2N2O/c20-17-7-6-15(21)12-16(17)19(25)24-9-3-8-23(10-11-24)13-14-4-1-2-5-18(14)22/h1-2,4-7,12H,3,8-11,13H2. The molecule has 0 spiro atoms. The lowest BCUT2D eigenvalue weighted by atomic mass is 10.2. The molecule has 0 atom stereocenters. The van der Waals surface area contributed by atoms with Crippen molar-refractivity contribution in [3.05, 3.63) is 69.7 Å². The predicted octanol–water partition coefficient (Wildman–Crippen LogP) is 4.08. The topological polar surface area (TPSA) is 23.6 Å². The maximum atomic E-state index is 13.8. The van der Waals surface area contributed by atoms with Crippen molar-refractivity contribution in [2.24, 2.45) is 0 Å². The van der Waals surface area contributed by atoms with E-state index in [4.69, 9.17) is 0 Å². The van der Waals surface area contributed by atoms with Crippen molar-refractivity contribution < 1.29 is 13.6 Å². The smallest absolute Gasteiger partial charge is 0.255 e. The van der Waals surface area contributed by atoms with Gasteiger partial charge >= 0.3 is 0 Å². The lowest BCUT2D eigenvalue weighted by molar-refractivity contribution is 0.0759. The lowest BCUT2D eigenvalue weighted by Gasteiger charge is -2.22. The average Bonchev–Trinajstić information content (AvgIpc) is 2.84. The molecule has 3 nitrogen and oxygen atoms in total. The van der Waals surface area contributed by atoms with Gasteiger partial charge in [-0.3, -0.25) is 9.69 Å². The van der Waals surface area contributed by atoms with Crippen molar-refractivity contribution in [1.82, 2.24) is 9.80 Å². The van der Waals surface area contributed by atoms with Gasteiger partial charge in [-0.05, 0) is 46.6 Å². The first-order valence-electron chi connectivity index (χ1n) is 8.24. The molecule has 0 radical (unpaired) electrons. The molecule has 0 saturated carbocycles. The molecule has 1 amide bonds. The molecule has 3 rings (SSSR count). The van der Waals surface area contributed by atoms with Crippen LogP contribution >= 0.6 is 15.9 Å². The van der Waals surface area contributed by atoms with Crippen LogP contribution in [0.4, 0.5) is 8.78 Å². The van der Waals surface area contributed by atoms with E-state index in [-0.39, 0.29) is 11.7 Å². The van der Waals surface area contributed by atoms with E-state index in [0.29, 0.717) is 41.8 Å².